The van der Waals surface area contributed by atoms with Crippen molar-refractivity contribution in [3.8, 4) is 18.1 Å². The summed E-state index contributed by atoms with van der Waals surface area (Å²) in [6.45, 7) is 5.95. The molecule has 208 valence electrons. The monoisotopic (exact) mass is 554 g/mol. The fourth-order valence-electron chi connectivity index (χ4n) is 3.89. The Morgan fingerprint density at radius 3 is 2.38 bits per heavy atom. The van der Waals surface area contributed by atoms with Crippen molar-refractivity contribution in [3.05, 3.63) is 65.5 Å². The van der Waals surface area contributed by atoms with Crippen molar-refractivity contribution in [1.29, 1.82) is 0 Å². The molecule has 0 aliphatic carbocycles. The lowest BCUT2D eigenvalue weighted by molar-refractivity contribution is -0.141. The fourth-order valence-corrected chi connectivity index (χ4v) is 4.89. The Labute approximate surface area is 234 Å². The van der Waals surface area contributed by atoms with Crippen LogP contribution in [0.3, 0.4) is 0 Å². The number of anilines is 2. The lowest BCUT2D eigenvalue weighted by Crippen LogP contribution is -2.36. The first-order valence-corrected chi connectivity index (χ1v) is 13.0. The van der Waals surface area contributed by atoms with E-state index in [1.165, 1.54) is 45.4 Å². The van der Waals surface area contributed by atoms with Gasteiger partial charge in [0.05, 0.1) is 40.0 Å². The van der Waals surface area contributed by atoms with E-state index in [0.29, 0.717) is 4.90 Å². The molecule has 2 aromatic carbocycles. The van der Waals surface area contributed by atoms with E-state index in [1.54, 1.807) is 10.4 Å². The van der Waals surface area contributed by atoms with Gasteiger partial charge in [-0.25, -0.2) is 4.39 Å². The van der Waals surface area contributed by atoms with Crippen molar-refractivity contribution >= 4 is 41.3 Å². The van der Waals surface area contributed by atoms with Gasteiger partial charge in [-0.1, -0.05) is 30.2 Å². The third-order valence-electron chi connectivity index (χ3n) is 5.93. The number of nitrogens with zero attached hydrogens (tertiary/aromatic N) is 2. The normalized spacial score (nSPS) is 11.7. The first-order chi connectivity index (χ1) is 18.7. The standard InChI is InChI=1S/C30H35FN2O5S/c1-8-10-11-12-24-22(4)26(14-15-27(24)32(17-9-2)21(3)18-29(34)37-6)33(20-30(35)38-7)39-23-13-16-28(36-5)25(31)19-23/h2,8,10-16,19,21H,17-18,20H2,1,3-7H3/b10-8-,12-11-. The van der Waals surface area contributed by atoms with Gasteiger partial charge in [0, 0.05) is 22.2 Å². The molecule has 0 aliphatic rings. The van der Waals surface area contributed by atoms with Crippen LogP contribution in [-0.2, 0) is 19.1 Å². The Kier molecular flexibility index (Phi) is 12.4. The lowest BCUT2D eigenvalue weighted by atomic mass is 10.0. The zero-order chi connectivity index (χ0) is 28.9. The number of rotatable bonds is 13. The van der Waals surface area contributed by atoms with Gasteiger partial charge in [0.1, 0.15) is 6.54 Å². The van der Waals surface area contributed by atoms with Gasteiger partial charge in [-0.05, 0) is 68.6 Å². The topological polar surface area (TPSA) is 68.3 Å². The summed E-state index contributed by atoms with van der Waals surface area (Å²) in [7, 11) is 4.07. The van der Waals surface area contributed by atoms with Crippen LogP contribution in [0.15, 0.2) is 53.5 Å². The number of allylic oxidation sites excluding steroid dienone is 3. The maximum Gasteiger partial charge on any atom is 0.326 e. The molecule has 2 aromatic rings. The van der Waals surface area contributed by atoms with Crippen LogP contribution in [0.4, 0.5) is 15.8 Å². The molecule has 0 fully saturated rings. The van der Waals surface area contributed by atoms with Gasteiger partial charge in [-0.2, -0.15) is 0 Å². The van der Waals surface area contributed by atoms with Crippen LogP contribution < -0.4 is 13.9 Å². The molecule has 0 heterocycles. The van der Waals surface area contributed by atoms with Gasteiger partial charge in [-0.15, -0.1) is 6.42 Å². The van der Waals surface area contributed by atoms with Crippen molar-refractivity contribution in [1.82, 2.24) is 0 Å². The van der Waals surface area contributed by atoms with E-state index in [0.717, 1.165) is 22.5 Å². The number of carbonyl (C=O) groups excluding carboxylic acids is 2. The van der Waals surface area contributed by atoms with E-state index in [1.807, 2.05) is 62.1 Å². The summed E-state index contributed by atoms with van der Waals surface area (Å²) in [5, 5.41) is 0. The Bertz CT molecular complexity index is 1250. The Morgan fingerprint density at radius 1 is 1.10 bits per heavy atom. The van der Waals surface area contributed by atoms with Gasteiger partial charge in [-0.3, -0.25) is 9.59 Å². The highest BCUT2D eigenvalue weighted by atomic mass is 32.2. The fraction of sp³-hybridized carbons (Fsp3) is 0.333. The van der Waals surface area contributed by atoms with Gasteiger partial charge < -0.3 is 23.4 Å². The molecule has 0 saturated carbocycles. The number of ether oxygens (including phenoxy) is 3. The van der Waals surface area contributed by atoms with Crippen molar-refractivity contribution < 1.29 is 28.2 Å². The van der Waals surface area contributed by atoms with Crippen LogP contribution in [-0.4, -0.2) is 52.4 Å². The van der Waals surface area contributed by atoms with Gasteiger partial charge in [0.2, 0.25) is 0 Å². The second kappa shape index (κ2) is 15.5. The molecule has 0 bridgehead atoms. The third-order valence-corrected chi connectivity index (χ3v) is 6.94. The smallest absolute Gasteiger partial charge is 0.326 e. The molecule has 0 amide bonds. The number of hydrogen-bond acceptors (Lipinski definition) is 8. The van der Waals surface area contributed by atoms with E-state index in [4.69, 9.17) is 20.6 Å². The van der Waals surface area contributed by atoms with Crippen LogP contribution in [0.5, 0.6) is 5.75 Å². The maximum atomic E-state index is 14.4. The van der Waals surface area contributed by atoms with Gasteiger partial charge in [0.15, 0.2) is 11.6 Å². The molecule has 0 saturated heterocycles. The quantitative estimate of drug-likeness (QED) is 0.133. The van der Waals surface area contributed by atoms with Crippen LogP contribution in [0, 0.1) is 25.1 Å². The first kappa shape index (κ1) is 31.3. The molecule has 9 heteroatoms. The third kappa shape index (κ3) is 8.55. The zero-order valence-corrected chi connectivity index (χ0v) is 24.0. The highest BCUT2D eigenvalue weighted by Gasteiger charge is 2.24. The predicted molar refractivity (Wildman–Crippen MR) is 155 cm³/mol. The van der Waals surface area contributed by atoms with E-state index in [9.17, 15) is 14.0 Å². The summed E-state index contributed by atoms with van der Waals surface area (Å²) in [6.07, 6.45) is 13.5. The predicted octanol–water partition coefficient (Wildman–Crippen LogP) is 5.81. The molecule has 1 atom stereocenters. The number of esters is 2. The molecule has 0 aromatic heterocycles. The number of benzene rings is 2. The zero-order valence-electron chi connectivity index (χ0n) is 23.2. The number of halogens is 1. The number of methoxy groups -OCH3 is 3. The van der Waals surface area contributed by atoms with Gasteiger partial charge in [0.25, 0.3) is 0 Å². The SMILES string of the molecule is C#CCN(c1ccc(N(CC(=O)OC)Sc2ccc(OC)c(F)c2)c(C)c1/C=C\C=C/C)C(C)CC(=O)OC. The Balaban J connectivity index is 2.66. The highest BCUT2D eigenvalue weighted by Crippen LogP contribution is 2.38. The summed E-state index contributed by atoms with van der Waals surface area (Å²) in [6, 6.07) is 8.15. The number of carbonyl (C=O) groups is 2. The summed E-state index contributed by atoms with van der Waals surface area (Å²) < 4.78 is 31.0. The van der Waals surface area contributed by atoms with Crippen LogP contribution in [0.1, 0.15) is 31.4 Å². The molecular formula is C30H35FN2O5S. The van der Waals surface area contributed by atoms with E-state index >= 15 is 0 Å². The second-order valence-corrected chi connectivity index (χ2v) is 9.58. The van der Waals surface area contributed by atoms with Crippen LogP contribution in [0.2, 0.25) is 0 Å². The van der Waals surface area contributed by atoms with Crippen LogP contribution >= 0.6 is 11.9 Å². The number of terminal acetylenes is 1. The molecular weight excluding hydrogens is 519 g/mol. The first-order valence-electron chi connectivity index (χ1n) is 12.3. The van der Waals surface area contributed by atoms with E-state index in [2.05, 4.69) is 5.92 Å². The van der Waals surface area contributed by atoms with Crippen molar-refractivity contribution in [2.45, 2.75) is 38.1 Å². The molecule has 0 aliphatic heterocycles. The molecule has 0 radical (unpaired) electrons. The van der Waals surface area contributed by atoms with Crippen molar-refractivity contribution in [3.63, 3.8) is 0 Å². The molecule has 0 spiro atoms. The molecule has 1 unspecified atom stereocenters. The summed E-state index contributed by atoms with van der Waals surface area (Å²) >= 11 is 1.20. The average Bonchev–Trinajstić information content (AvgIpc) is 2.92. The molecule has 7 nitrogen and oxygen atoms in total. The van der Waals surface area contributed by atoms with Crippen molar-refractivity contribution in [2.75, 3.05) is 43.6 Å². The lowest BCUT2D eigenvalue weighted by Gasteiger charge is -2.33. The highest BCUT2D eigenvalue weighted by molar-refractivity contribution is 8.00. The van der Waals surface area contributed by atoms with Crippen molar-refractivity contribution in [2.24, 2.45) is 0 Å². The Hall–Kier alpha value is -3.90. The number of hydrogen-bond donors (Lipinski definition) is 0. The second-order valence-electron chi connectivity index (χ2n) is 8.49. The molecule has 2 rings (SSSR count). The summed E-state index contributed by atoms with van der Waals surface area (Å²) in [5.41, 5.74) is 3.26. The van der Waals surface area contributed by atoms with E-state index in [-0.39, 0.29) is 37.3 Å². The van der Waals surface area contributed by atoms with Gasteiger partial charge >= 0.3 is 11.9 Å². The maximum absolute atomic E-state index is 14.4. The largest absolute Gasteiger partial charge is 0.494 e. The minimum atomic E-state index is -0.507. The van der Waals surface area contributed by atoms with E-state index < -0.39 is 11.8 Å². The summed E-state index contributed by atoms with van der Waals surface area (Å²) in [5.74, 6) is 1.52. The minimum Gasteiger partial charge on any atom is -0.494 e. The minimum absolute atomic E-state index is 0.0835. The van der Waals surface area contributed by atoms with Crippen LogP contribution in [0.25, 0.3) is 6.08 Å². The molecule has 39 heavy (non-hydrogen) atoms. The molecule has 0 N–H and O–H groups in total. The average molecular weight is 555 g/mol. The summed E-state index contributed by atoms with van der Waals surface area (Å²) in [4.78, 5) is 26.9. The Morgan fingerprint density at radius 2 is 1.79 bits per heavy atom.